The first-order valence-corrected chi connectivity index (χ1v) is 11.8. The second-order valence-electron chi connectivity index (χ2n) is 7.19. The van der Waals surface area contributed by atoms with Crippen LogP contribution in [0.5, 0.6) is 0 Å². The molecule has 9 heteroatoms. The van der Waals surface area contributed by atoms with Gasteiger partial charge in [0.15, 0.2) is 0 Å². The molecule has 1 amide bonds. The Morgan fingerprint density at radius 3 is 2.71 bits per heavy atom. The van der Waals surface area contributed by atoms with Crippen LogP contribution >= 0.6 is 34.5 Å². The predicted molar refractivity (Wildman–Crippen MR) is 125 cm³/mol. The molecule has 2 aromatic heterocycles. The fourth-order valence-corrected chi connectivity index (χ4v) is 4.00. The third-order valence-electron chi connectivity index (χ3n) is 4.96. The third kappa shape index (κ3) is 6.63. The summed E-state index contributed by atoms with van der Waals surface area (Å²) in [6.45, 7) is 1.88. The van der Waals surface area contributed by atoms with E-state index >= 15 is 0 Å². The van der Waals surface area contributed by atoms with E-state index < -0.39 is 0 Å². The van der Waals surface area contributed by atoms with Crippen molar-refractivity contribution in [2.24, 2.45) is 0 Å². The van der Waals surface area contributed by atoms with Crippen LogP contribution in [0.25, 0.3) is 11.3 Å². The summed E-state index contributed by atoms with van der Waals surface area (Å²) in [5, 5.41) is 4.01. The van der Waals surface area contributed by atoms with Crippen LogP contribution in [-0.4, -0.2) is 26.6 Å². The maximum absolute atomic E-state index is 12.6. The van der Waals surface area contributed by atoms with Gasteiger partial charge in [0.25, 0.3) is 5.91 Å². The highest BCUT2D eigenvalue weighted by Gasteiger charge is 2.20. The molecule has 0 unspecified atom stereocenters. The van der Waals surface area contributed by atoms with Gasteiger partial charge in [0.05, 0.1) is 39.7 Å². The summed E-state index contributed by atoms with van der Waals surface area (Å²) in [5.41, 5.74) is 3.28. The molecule has 0 bridgehead atoms. The highest BCUT2D eigenvalue weighted by atomic mass is 35.5. The lowest BCUT2D eigenvalue weighted by molar-refractivity contribution is -0.118. The number of aromatic amines is 1. The second-order valence-corrected chi connectivity index (χ2v) is 8.90. The van der Waals surface area contributed by atoms with Crippen LogP contribution in [0, 0.1) is 0 Å². The number of imidazole rings is 1. The lowest BCUT2D eigenvalue weighted by atomic mass is 10.0. The number of thiazole rings is 1. The van der Waals surface area contributed by atoms with Crippen molar-refractivity contribution in [3.63, 3.8) is 0 Å². The van der Waals surface area contributed by atoms with Gasteiger partial charge in [0, 0.05) is 18.4 Å². The Bertz CT molecular complexity index is 1020. The van der Waals surface area contributed by atoms with Gasteiger partial charge < -0.3 is 10.3 Å². The van der Waals surface area contributed by atoms with E-state index in [0.717, 1.165) is 30.5 Å². The molecule has 0 radical (unpaired) electrons. The molecule has 2 N–H and O–H groups in total. The minimum absolute atomic E-state index is 0.179. The number of carbonyl (C=O) groups excluding carboxylic acids is 2. The molecule has 1 atom stereocenters. The smallest absolute Gasteiger partial charge is 0.263 e. The van der Waals surface area contributed by atoms with Crippen LogP contribution in [0.2, 0.25) is 10.0 Å². The number of unbranched alkanes of at least 4 members (excludes halogenated alkanes) is 2. The van der Waals surface area contributed by atoms with Crippen molar-refractivity contribution in [2.75, 3.05) is 0 Å². The summed E-state index contributed by atoms with van der Waals surface area (Å²) in [6, 6.07) is 5.09. The minimum atomic E-state index is -0.284. The third-order valence-corrected chi connectivity index (χ3v) is 6.47. The monoisotopic (exact) mass is 478 g/mol. The van der Waals surface area contributed by atoms with Gasteiger partial charge in [0.1, 0.15) is 16.5 Å². The van der Waals surface area contributed by atoms with E-state index in [2.05, 4.69) is 20.3 Å². The number of Topliss-reactive ketones (excluding diaryl/α,β-unsaturated/α-hetero) is 1. The zero-order chi connectivity index (χ0) is 22.2. The minimum Gasteiger partial charge on any atom is -0.341 e. The summed E-state index contributed by atoms with van der Waals surface area (Å²) < 4.78 is 0. The zero-order valence-electron chi connectivity index (χ0n) is 17.2. The number of rotatable bonds is 11. The van der Waals surface area contributed by atoms with Crippen LogP contribution in [0.1, 0.15) is 67.0 Å². The summed E-state index contributed by atoms with van der Waals surface area (Å²) in [6.07, 6.45) is 7.81. The average molecular weight is 479 g/mol. The first-order chi connectivity index (χ1) is 15.0. The van der Waals surface area contributed by atoms with Crippen LogP contribution in [0.4, 0.5) is 0 Å². The topological polar surface area (TPSA) is 87.7 Å². The Hall–Kier alpha value is -2.22. The van der Waals surface area contributed by atoms with Crippen molar-refractivity contribution in [1.29, 1.82) is 0 Å². The van der Waals surface area contributed by atoms with Gasteiger partial charge in [-0.2, -0.15) is 0 Å². The summed E-state index contributed by atoms with van der Waals surface area (Å²) >= 11 is 13.4. The zero-order valence-corrected chi connectivity index (χ0v) is 19.5. The number of carbonyl (C=O) groups is 2. The highest BCUT2D eigenvalue weighted by molar-refractivity contribution is 7.11. The molecule has 2 heterocycles. The lowest BCUT2D eigenvalue weighted by Crippen LogP contribution is -2.28. The normalized spacial score (nSPS) is 12.0. The van der Waals surface area contributed by atoms with Gasteiger partial charge in [-0.05, 0) is 25.0 Å². The summed E-state index contributed by atoms with van der Waals surface area (Å²) in [7, 11) is 0. The summed E-state index contributed by atoms with van der Waals surface area (Å²) in [4.78, 5) is 36.4. The van der Waals surface area contributed by atoms with E-state index in [-0.39, 0.29) is 17.7 Å². The lowest BCUT2D eigenvalue weighted by Gasteiger charge is -2.16. The fourth-order valence-electron chi connectivity index (χ4n) is 3.18. The number of nitrogens with one attached hydrogen (secondary N) is 2. The number of H-pyrrole nitrogens is 1. The fraction of sp³-hybridized carbons (Fsp3) is 0.364. The molecule has 164 valence electrons. The molecule has 0 aliphatic carbocycles. The molecule has 1 aromatic carbocycles. The number of amides is 1. The quantitative estimate of drug-likeness (QED) is 0.319. The van der Waals surface area contributed by atoms with Crippen LogP contribution in [0.15, 0.2) is 36.1 Å². The van der Waals surface area contributed by atoms with E-state index in [0.29, 0.717) is 40.0 Å². The Labute approximate surface area is 195 Å². The molecule has 0 aliphatic heterocycles. The molecule has 0 aliphatic rings. The van der Waals surface area contributed by atoms with Gasteiger partial charge in [0.2, 0.25) is 0 Å². The Balaban J connectivity index is 1.70. The molecule has 0 saturated heterocycles. The van der Waals surface area contributed by atoms with Gasteiger partial charge in [-0.1, -0.05) is 49.0 Å². The molecule has 6 nitrogen and oxygen atoms in total. The van der Waals surface area contributed by atoms with Gasteiger partial charge >= 0.3 is 0 Å². The van der Waals surface area contributed by atoms with Crippen molar-refractivity contribution in [1.82, 2.24) is 20.3 Å². The number of halogens is 2. The molecule has 3 rings (SSSR count). The van der Waals surface area contributed by atoms with Crippen molar-refractivity contribution < 1.29 is 9.59 Å². The summed E-state index contributed by atoms with van der Waals surface area (Å²) in [5.74, 6) is 0.775. The van der Waals surface area contributed by atoms with Crippen LogP contribution < -0.4 is 5.32 Å². The average Bonchev–Trinajstić information content (AvgIpc) is 3.47. The molecule has 0 saturated carbocycles. The van der Waals surface area contributed by atoms with E-state index in [4.69, 9.17) is 23.2 Å². The van der Waals surface area contributed by atoms with Gasteiger partial charge in [-0.3, -0.25) is 14.6 Å². The SMILES string of the molecule is CCC(=O)CCCCC[C@H](NC(=O)c1cncs1)c1ncc(-c2ccc(Cl)c(Cl)c2)[nH]1. The number of hydrogen-bond acceptors (Lipinski definition) is 5. The van der Waals surface area contributed by atoms with Crippen molar-refractivity contribution in [2.45, 2.75) is 51.5 Å². The largest absolute Gasteiger partial charge is 0.341 e. The van der Waals surface area contributed by atoms with E-state index in [1.165, 1.54) is 11.3 Å². The Morgan fingerprint density at radius 1 is 1.16 bits per heavy atom. The van der Waals surface area contributed by atoms with Crippen LogP contribution in [-0.2, 0) is 4.79 Å². The van der Waals surface area contributed by atoms with E-state index in [1.54, 1.807) is 30.0 Å². The van der Waals surface area contributed by atoms with E-state index in [1.807, 2.05) is 13.0 Å². The van der Waals surface area contributed by atoms with Gasteiger partial charge in [-0.15, -0.1) is 11.3 Å². The van der Waals surface area contributed by atoms with Gasteiger partial charge in [-0.25, -0.2) is 4.98 Å². The number of benzene rings is 1. The van der Waals surface area contributed by atoms with E-state index in [9.17, 15) is 9.59 Å². The molecular formula is C22H24Cl2N4O2S. The predicted octanol–water partition coefficient (Wildman–Crippen LogP) is 6.24. The number of aromatic nitrogens is 3. The molecular weight excluding hydrogens is 455 g/mol. The first kappa shape index (κ1) is 23.4. The molecule has 3 aromatic rings. The Kier molecular flexibility index (Phi) is 8.63. The second kappa shape index (κ2) is 11.4. The number of hydrogen-bond donors (Lipinski definition) is 2. The molecule has 0 fully saturated rings. The first-order valence-electron chi connectivity index (χ1n) is 10.2. The molecule has 0 spiro atoms. The highest BCUT2D eigenvalue weighted by Crippen LogP contribution is 2.29. The van der Waals surface area contributed by atoms with Crippen molar-refractivity contribution >= 4 is 46.2 Å². The van der Waals surface area contributed by atoms with Crippen molar-refractivity contribution in [3.8, 4) is 11.3 Å². The maximum atomic E-state index is 12.6. The Morgan fingerprint density at radius 2 is 2.00 bits per heavy atom. The molecule has 31 heavy (non-hydrogen) atoms. The van der Waals surface area contributed by atoms with Crippen LogP contribution in [0.3, 0.4) is 0 Å². The number of nitrogens with zero attached hydrogens (tertiary/aromatic N) is 2. The number of ketones is 1. The van der Waals surface area contributed by atoms with Crippen molar-refractivity contribution in [3.05, 3.63) is 56.9 Å². The maximum Gasteiger partial charge on any atom is 0.263 e. The standard InChI is InChI=1S/C22H24Cl2N4O2S/c1-2-15(29)6-4-3-5-7-18(28-22(30)20-12-25-13-31-20)21-26-11-19(27-21)14-8-9-16(23)17(24)10-14/h8-13,18H,2-7H2,1H3,(H,26,27)(H,28,30)/t18-/m0/s1.